The molecule has 1 N–H and O–H groups in total. The van der Waals surface area contributed by atoms with Crippen LogP contribution >= 0.6 is 11.6 Å². The van der Waals surface area contributed by atoms with Gasteiger partial charge in [0.25, 0.3) is 10.0 Å². The van der Waals surface area contributed by atoms with Gasteiger partial charge in [-0.3, -0.25) is 4.72 Å². The van der Waals surface area contributed by atoms with Gasteiger partial charge in [-0.2, -0.15) is 0 Å². The van der Waals surface area contributed by atoms with Gasteiger partial charge in [-0.1, -0.05) is 17.7 Å². The molecule has 0 heterocycles. The number of aryl methyl sites for hydroxylation is 1. The van der Waals surface area contributed by atoms with Crippen LogP contribution in [0.4, 0.5) is 14.5 Å². The van der Waals surface area contributed by atoms with Crippen molar-refractivity contribution >= 4 is 27.3 Å². The molecule has 0 bridgehead atoms. The molecule has 0 radical (unpaired) electrons. The number of sulfonamides is 1. The van der Waals surface area contributed by atoms with Crippen LogP contribution < -0.4 is 4.72 Å². The van der Waals surface area contributed by atoms with Crippen molar-refractivity contribution in [2.75, 3.05) is 4.72 Å². The Balaban J connectivity index is 2.43. The van der Waals surface area contributed by atoms with Gasteiger partial charge >= 0.3 is 0 Å². The van der Waals surface area contributed by atoms with E-state index in [1.165, 1.54) is 18.2 Å². The zero-order valence-corrected chi connectivity index (χ0v) is 11.9. The molecule has 0 aliphatic heterocycles. The van der Waals surface area contributed by atoms with Crippen LogP contribution in [0.15, 0.2) is 41.3 Å². The summed E-state index contributed by atoms with van der Waals surface area (Å²) in [5.74, 6) is -1.74. The third-order valence-electron chi connectivity index (χ3n) is 2.55. The van der Waals surface area contributed by atoms with Crippen LogP contribution in [0.1, 0.15) is 5.56 Å². The first kappa shape index (κ1) is 14.7. The Morgan fingerprint density at radius 2 is 1.75 bits per heavy atom. The van der Waals surface area contributed by atoms with Gasteiger partial charge in [-0.05, 0) is 42.8 Å². The minimum atomic E-state index is -4.22. The molecule has 0 fully saturated rings. The first-order valence-corrected chi connectivity index (χ1v) is 7.40. The monoisotopic (exact) mass is 317 g/mol. The smallest absolute Gasteiger partial charge is 0.264 e. The quantitative estimate of drug-likeness (QED) is 0.937. The second-order valence-corrected chi connectivity index (χ2v) is 6.25. The second-order valence-electron chi connectivity index (χ2n) is 4.16. The SMILES string of the molecule is Cc1ccc(F)c(NS(=O)(=O)c2ccc(Cl)cc2F)c1. The molecule has 0 aliphatic rings. The predicted molar refractivity (Wildman–Crippen MR) is 73.4 cm³/mol. The standard InChI is InChI=1S/C13H10ClF2NO2S/c1-8-2-4-10(15)12(6-8)17-20(18,19)13-5-3-9(14)7-11(13)16/h2-7,17H,1H3. The van der Waals surface area contributed by atoms with Gasteiger partial charge in [0.05, 0.1) is 5.69 Å². The van der Waals surface area contributed by atoms with E-state index in [2.05, 4.69) is 0 Å². The highest BCUT2D eigenvalue weighted by Gasteiger charge is 2.20. The highest BCUT2D eigenvalue weighted by molar-refractivity contribution is 7.92. The molecule has 0 atom stereocenters. The van der Waals surface area contributed by atoms with Crippen LogP contribution in [-0.4, -0.2) is 8.42 Å². The van der Waals surface area contributed by atoms with E-state index in [9.17, 15) is 17.2 Å². The van der Waals surface area contributed by atoms with Crippen LogP contribution in [0.3, 0.4) is 0 Å². The van der Waals surface area contributed by atoms with Gasteiger partial charge in [0.1, 0.15) is 16.5 Å². The largest absolute Gasteiger partial charge is 0.277 e. The summed E-state index contributed by atoms with van der Waals surface area (Å²) in [5, 5.41) is 0.0724. The Morgan fingerprint density at radius 3 is 2.40 bits per heavy atom. The van der Waals surface area contributed by atoms with E-state index in [1.807, 2.05) is 4.72 Å². The fourth-order valence-corrected chi connectivity index (χ4v) is 2.89. The minimum Gasteiger partial charge on any atom is -0.277 e. The van der Waals surface area contributed by atoms with Gasteiger partial charge in [0.2, 0.25) is 0 Å². The first-order chi connectivity index (χ1) is 9.29. The number of hydrogen-bond donors (Lipinski definition) is 1. The minimum absolute atomic E-state index is 0.0724. The molecular formula is C13H10ClF2NO2S. The highest BCUT2D eigenvalue weighted by atomic mass is 35.5. The third kappa shape index (κ3) is 3.08. The fourth-order valence-electron chi connectivity index (χ4n) is 1.61. The molecule has 0 aliphatic carbocycles. The summed E-state index contributed by atoms with van der Waals surface area (Å²) in [6, 6.07) is 7.09. The van der Waals surface area contributed by atoms with E-state index in [4.69, 9.17) is 11.6 Å². The van der Waals surface area contributed by atoms with Gasteiger partial charge in [0.15, 0.2) is 0 Å². The summed E-state index contributed by atoms with van der Waals surface area (Å²) >= 11 is 5.56. The molecule has 0 unspecified atom stereocenters. The van der Waals surface area contributed by atoms with Gasteiger partial charge in [-0.25, -0.2) is 17.2 Å². The van der Waals surface area contributed by atoms with Gasteiger partial charge in [-0.15, -0.1) is 0 Å². The van der Waals surface area contributed by atoms with Crippen molar-refractivity contribution in [2.24, 2.45) is 0 Å². The number of benzene rings is 2. The van der Waals surface area contributed by atoms with Crippen molar-refractivity contribution in [1.29, 1.82) is 0 Å². The zero-order chi connectivity index (χ0) is 14.9. The highest BCUT2D eigenvalue weighted by Crippen LogP contribution is 2.23. The molecule has 0 aromatic heterocycles. The second kappa shape index (κ2) is 5.38. The van der Waals surface area contributed by atoms with Crippen molar-refractivity contribution in [2.45, 2.75) is 11.8 Å². The lowest BCUT2D eigenvalue weighted by molar-refractivity contribution is 0.569. The van der Waals surface area contributed by atoms with Crippen molar-refractivity contribution in [3.63, 3.8) is 0 Å². The molecule has 7 heteroatoms. The summed E-state index contributed by atoms with van der Waals surface area (Å²) in [6.07, 6.45) is 0. The third-order valence-corrected chi connectivity index (χ3v) is 4.18. The Kier molecular flexibility index (Phi) is 3.96. The molecule has 0 saturated carbocycles. The molecule has 0 spiro atoms. The molecule has 106 valence electrons. The van der Waals surface area contributed by atoms with Gasteiger partial charge in [0, 0.05) is 5.02 Å². The Labute approximate surface area is 120 Å². The Hall–Kier alpha value is -1.66. The number of hydrogen-bond acceptors (Lipinski definition) is 2. The summed E-state index contributed by atoms with van der Waals surface area (Å²) in [7, 11) is -4.22. The molecule has 3 nitrogen and oxygen atoms in total. The lowest BCUT2D eigenvalue weighted by atomic mass is 10.2. The van der Waals surface area contributed by atoms with E-state index >= 15 is 0 Å². The Morgan fingerprint density at radius 1 is 1.05 bits per heavy atom. The van der Waals surface area contributed by atoms with Crippen molar-refractivity contribution < 1.29 is 17.2 Å². The summed E-state index contributed by atoms with van der Waals surface area (Å²) in [4.78, 5) is -0.595. The zero-order valence-electron chi connectivity index (χ0n) is 10.3. The van der Waals surface area contributed by atoms with Crippen molar-refractivity contribution in [3.8, 4) is 0 Å². The molecule has 2 aromatic rings. The average Bonchev–Trinajstić information content (AvgIpc) is 2.33. The van der Waals surface area contributed by atoms with E-state index in [0.29, 0.717) is 5.56 Å². The molecule has 2 rings (SSSR count). The molecular weight excluding hydrogens is 308 g/mol. The topological polar surface area (TPSA) is 46.2 Å². The van der Waals surface area contributed by atoms with Gasteiger partial charge < -0.3 is 0 Å². The molecule has 20 heavy (non-hydrogen) atoms. The van der Waals surface area contributed by atoms with Crippen LogP contribution in [0.25, 0.3) is 0 Å². The maximum atomic E-state index is 13.6. The summed E-state index contributed by atoms with van der Waals surface area (Å²) in [6.45, 7) is 1.68. The fraction of sp³-hybridized carbons (Fsp3) is 0.0769. The summed E-state index contributed by atoms with van der Waals surface area (Å²) in [5.41, 5.74) is 0.431. The van der Waals surface area contributed by atoms with Crippen molar-refractivity contribution in [3.05, 3.63) is 58.6 Å². The molecule has 0 amide bonds. The normalized spacial score (nSPS) is 11.4. The van der Waals surface area contributed by atoms with Crippen LogP contribution in [0.2, 0.25) is 5.02 Å². The summed E-state index contributed by atoms with van der Waals surface area (Å²) < 4.78 is 53.3. The Bertz CT molecular complexity index is 763. The van der Waals surface area contributed by atoms with Crippen molar-refractivity contribution in [1.82, 2.24) is 0 Å². The number of nitrogens with one attached hydrogen (secondary N) is 1. The van der Waals surface area contributed by atoms with E-state index < -0.39 is 26.6 Å². The lowest BCUT2D eigenvalue weighted by Gasteiger charge is -2.10. The average molecular weight is 318 g/mol. The van der Waals surface area contributed by atoms with Crippen LogP contribution in [0, 0.1) is 18.6 Å². The molecule has 0 saturated heterocycles. The predicted octanol–water partition coefficient (Wildman–Crippen LogP) is 3.73. The van der Waals surface area contributed by atoms with Crippen LogP contribution in [-0.2, 0) is 10.0 Å². The van der Waals surface area contributed by atoms with Crippen LogP contribution in [0.5, 0.6) is 0 Å². The van der Waals surface area contributed by atoms with E-state index in [1.54, 1.807) is 6.92 Å². The van der Waals surface area contributed by atoms with E-state index in [0.717, 1.165) is 18.2 Å². The first-order valence-electron chi connectivity index (χ1n) is 5.53. The molecule has 2 aromatic carbocycles. The van der Waals surface area contributed by atoms with E-state index in [-0.39, 0.29) is 10.7 Å². The number of anilines is 1. The lowest BCUT2D eigenvalue weighted by Crippen LogP contribution is -2.15. The maximum absolute atomic E-state index is 13.6. The maximum Gasteiger partial charge on any atom is 0.264 e. The number of halogens is 3. The number of rotatable bonds is 3.